The zero-order valence-corrected chi connectivity index (χ0v) is 17.1. The molecule has 0 amide bonds. The highest BCUT2D eigenvalue weighted by Crippen LogP contribution is 2.26. The second kappa shape index (κ2) is 8.37. The lowest BCUT2D eigenvalue weighted by atomic mass is 10.1. The summed E-state index contributed by atoms with van der Waals surface area (Å²) in [5.74, 6) is 0. The van der Waals surface area contributed by atoms with Crippen LogP contribution in [0.5, 0.6) is 0 Å². The molecule has 0 aliphatic heterocycles. The molecule has 2 aromatic carbocycles. The Kier molecular flexibility index (Phi) is 5.49. The third-order valence-corrected chi connectivity index (χ3v) is 4.94. The van der Waals surface area contributed by atoms with Crippen LogP contribution in [0.3, 0.4) is 0 Å². The van der Waals surface area contributed by atoms with Gasteiger partial charge < -0.3 is 0 Å². The molecule has 0 fully saturated rings. The first-order valence-corrected chi connectivity index (χ1v) is 9.75. The summed E-state index contributed by atoms with van der Waals surface area (Å²) in [5.41, 5.74) is 7.82. The highest BCUT2D eigenvalue weighted by molar-refractivity contribution is 5.63. The first-order valence-electron chi connectivity index (χ1n) is 9.75. The van der Waals surface area contributed by atoms with E-state index in [0.717, 1.165) is 35.7 Å². The lowest BCUT2D eigenvalue weighted by Crippen LogP contribution is -2.18. The normalized spacial score (nSPS) is 11.2. The van der Waals surface area contributed by atoms with Crippen LogP contribution in [0.25, 0.3) is 16.9 Å². The SMILES string of the molecule is Cc1ccc(C)c(-n2cc(CN(C)Cc3cnccn3)c(-c3ccccc3)n2)c1. The Morgan fingerprint density at radius 2 is 1.79 bits per heavy atom. The Morgan fingerprint density at radius 1 is 0.966 bits per heavy atom. The number of aromatic nitrogens is 4. The van der Waals surface area contributed by atoms with Gasteiger partial charge in [0.25, 0.3) is 0 Å². The van der Waals surface area contributed by atoms with Crippen LogP contribution in [0, 0.1) is 13.8 Å². The number of hydrogen-bond donors (Lipinski definition) is 0. The standard InChI is InChI=1S/C24H25N5/c1-18-9-10-19(2)23(13-18)29-16-21(24(27-29)20-7-5-4-6-8-20)15-28(3)17-22-14-25-11-12-26-22/h4-14,16H,15,17H2,1-3H3. The van der Waals surface area contributed by atoms with Crippen LogP contribution >= 0.6 is 0 Å². The Labute approximate surface area is 171 Å². The van der Waals surface area contributed by atoms with Gasteiger partial charge in [-0.2, -0.15) is 5.10 Å². The third kappa shape index (κ3) is 4.41. The van der Waals surface area contributed by atoms with Crippen molar-refractivity contribution in [2.75, 3.05) is 7.05 Å². The lowest BCUT2D eigenvalue weighted by Gasteiger charge is -2.15. The largest absolute Gasteiger partial charge is 0.296 e. The molecule has 0 unspecified atom stereocenters. The summed E-state index contributed by atoms with van der Waals surface area (Å²) in [7, 11) is 2.10. The minimum Gasteiger partial charge on any atom is -0.296 e. The monoisotopic (exact) mass is 383 g/mol. The molecule has 0 saturated heterocycles. The molecule has 0 bridgehead atoms. The van der Waals surface area contributed by atoms with Crippen molar-refractivity contribution in [3.05, 3.63) is 95.7 Å². The van der Waals surface area contributed by atoms with Gasteiger partial charge in [-0.3, -0.25) is 14.9 Å². The molecule has 0 atom stereocenters. The summed E-state index contributed by atoms with van der Waals surface area (Å²) in [6.45, 7) is 5.74. The summed E-state index contributed by atoms with van der Waals surface area (Å²) in [4.78, 5) is 10.8. The van der Waals surface area contributed by atoms with E-state index in [0.29, 0.717) is 0 Å². The molecular formula is C24H25N5. The van der Waals surface area contributed by atoms with Crippen molar-refractivity contribution in [1.29, 1.82) is 0 Å². The fraction of sp³-hybridized carbons (Fsp3) is 0.208. The van der Waals surface area contributed by atoms with Crippen molar-refractivity contribution in [2.24, 2.45) is 0 Å². The molecule has 146 valence electrons. The van der Waals surface area contributed by atoms with Crippen LogP contribution in [0.2, 0.25) is 0 Å². The van der Waals surface area contributed by atoms with Crippen molar-refractivity contribution < 1.29 is 0 Å². The molecule has 29 heavy (non-hydrogen) atoms. The number of benzene rings is 2. The number of nitrogens with zero attached hydrogens (tertiary/aromatic N) is 5. The summed E-state index contributed by atoms with van der Waals surface area (Å²) >= 11 is 0. The van der Waals surface area contributed by atoms with Crippen molar-refractivity contribution in [3.8, 4) is 16.9 Å². The van der Waals surface area contributed by atoms with Gasteiger partial charge in [-0.1, -0.05) is 42.5 Å². The maximum Gasteiger partial charge on any atom is 0.0972 e. The van der Waals surface area contributed by atoms with E-state index in [-0.39, 0.29) is 0 Å². The number of hydrogen-bond acceptors (Lipinski definition) is 4. The zero-order chi connectivity index (χ0) is 20.2. The zero-order valence-electron chi connectivity index (χ0n) is 17.1. The highest BCUT2D eigenvalue weighted by atomic mass is 15.3. The molecule has 0 aliphatic rings. The van der Waals surface area contributed by atoms with E-state index in [1.165, 1.54) is 16.7 Å². The topological polar surface area (TPSA) is 46.8 Å². The number of rotatable bonds is 6. The van der Waals surface area contributed by atoms with Gasteiger partial charge in [0.15, 0.2) is 0 Å². The molecule has 5 nitrogen and oxygen atoms in total. The second-order valence-corrected chi connectivity index (χ2v) is 7.47. The molecule has 5 heteroatoms. The summed E-state index contributed by atoms with van der Waals surface area (Å²) < 4.78 is 2.01. The fourth-order valence-corrected chi connectivity index (χ4v) is 3.49. The van der Waals surface area contributed by atoms with E-state index in [2.05, 4.69) is 84.4 Å². The van der Waals surface area contributed by atoms with Crippen LogP contribution in [0.15, 0.2) is 73.3 Å². The van der Waals surface area contributed by atoms with Crippen LogP contribution in [0.1, 0.15) is 22.4 Å². The number of aryl methyl sites for hydroxylation is 2. The quantitative estimate of drug-likeness (QED) is 0.489. The Morgan fingerprint density at radius 3 is 2.55 bits per heavy atom. The summed E-state index contributed by atoms with van der Waals surface area (Å²) in [6, 6.07) is 16.8. The first-order chi connectivity index (χ1) is 14.1. The van der Waals surface area contributed by atoms with Gasteiger partial charge in [-0.05, 0) is 38.1 Å². The van der Waals surface area contributed by atoms with Crippen LogP contribution in [0.4, 0.5) is 0 Å². The molecule has 0 saturated carbocycles. The predicted molar refractivity (Wildman–Crippen MR) is 116 cm³/mol. The predicted octanol–water partition coefficient (Wildman–Crippen LogP) is 4.58. The highest BCUT2D eigenvalue weighted by Gasteiger charge is 2.15. The van der Waals surface area contributed by atoms with E-state index in [4.69, 9.17) is 5.10 Å². The molecule has 0 N–H and O–H groups in total. The van der Waals surface area contributed by atoms with Crippen LogP contribution in [-0.2, 0) is 13.1 Å². The molecule has 0 spiro atoms. The lowest BCUT2D eigenvalue weighted by molar-refractivity contribution is 0.315. The van der Waals surface area contributed by atoms with Gasteiger partial charge in [-0.15, -0.1) is 0 Å². The second-order valence-electron chi connectivity index (χ2n) is 7.47. The Balaban J connectivity index is 1.69. The van der Waals surface area contributed by atoms with Gasteiger partial charge >= 0.3 is 0 Å². The maximum atomic E-state index is 4.97. The van der Waals surface area contributed by atoms with Gasteiger partial charge in [0.2, 0.25) is 0 Å². The van der Waals surface area contributed by atoms with Crippen LogP contribution < -0.4 is 0 Å². The van der Waals surface area contributed by atoms with E-state index in [1.807, 2.05) is 16.9 Å². The van der Waals surface area contributed by atoms with Crippen molar-refractivity contribution in [3.63, 3.8) is 0 Å². The average molecular weight is 383 g/mol. The van der Waals surface area contributed by atoms with Crippen LogP contribution in [-0.4, -0.2) is 31.7 Å². The minimum atomic E-state index is 0.733. The summed E-state index contributed by atoms with van der Waals surface area (Å²) in [5, 5.41) is 4.97. The van der Waals surface area contributed by atoms with Gasteiger partial charge in [0, 0.05) is 49.0 Å². The van der Waals surface area contributed by atoms with Crippen molar-refractivity contribution >= 4 is 0 Å². The molecule has 0 aliphatic carbocycles. The molecule has 4 rings (SSSR count). The minimum absolute atomic E-state index is 0.733. The van der Waals surface area contributed by atoms with Gasteiger partial charge in [0.1, 0.15) is 0 Å². The first kappa shape index (κ1) is 19.0. The van der Waals surface area contributed by atoms with Gasteiger partial charge in [0.05, 0.1) is 17.1 Å². The van der Waals surface area contributed by atoms with E-state index < -0.39 is 0 Å². The van der Waals surface area contributed by atoms with E-state index >= 15 is 0 Å². The Hall–Kier alpha value is -3.31. The van der Waals surface area contributed by atoms with Crippen molar-refractivity contribution in [1.82, 2.24) is 24.6 Å². The Bertz CT molecular complexity index is 1090. The van der Waals surface area contributed by atoms with Crippen molar-refractivity contribution in [2.45, 2.75) is 26.9 Å². The average Bonchev–Trinajstić information content (AvgIpc) is 3.14. The smallest absolute Gasteiger partial charge is 0.0972 e. The summed E-state index contributed by atoms with van der Waals surface area (Å²) in [6.07, 6.45) is 7.40. The van der Waals surface area contributed by atoms with E-state index in [1.54, 1.807) is 12.4 Å². The fourth-order valence-electron chi connectivity index (χ4n) is 3.49. The third-order valence-electron chi connectivity index (χ3n) is 4.94. The van der Waals surface area contributed by atoms with E-state index in [9.17, 15) is 0 Å². The molecule has 2 aromatic heterocycles. The molecular weight excluding hydrogens is 358 g/mol. The molecule has 0 radical (unpaired) electrons. The maximum absolute atomic E-state index is 4.97. The van der Waals surface area contributed by atoms with Gasteiger partial charge in [-0.25, -0.2) is 4.68 Å². The molecule has 4 aromatic rings. The molecule has 2 heterocycles.